The summed E-state index contributed by atoms with van der Waals surface area (Å²) in [5.74, 6) is 0.886. The second kappa shape index (κ2) is 15.1. The molecule has 3 atom stereocenters. The molecule has 3 amide bonds. The van der Waals surface area contributed by atoms with Gasteiger partial charge in [-0.2, -0.15) is 0 Å². The van der Waals surface area contributed by atoms with E-state index in [9.17, 15) is 14.4 Å². The maximum Gasteiger partial charge on any atom is 0.255 e. The van der Waals surface area contributed by atoms with Gasteiger partial charge in [-0.25, -0.2) is 0 Å². The molecule has 9 rings (SSSR count). The minimum absolute atomic E-state index is 0.0317. The molecule has 4 saturated heterocycles. The van der Waals surface area contributed by atoms with E-state index in [1.807, 2.05) is 24.5 Å². The molecule has 4 fully saturated rings. The van der Waals surface area contributed by atoms with Crippen LogP contribution in [0.3, 0.4) is 0 Å². The molecule has 300 valence electrons. The Hall–Kier alpha value is -4.98. The number of piperidine rings is 2. The lowest BCUT2D eigenvalue weighted by Crippen LogP contribution is -2.60. The first-order chi connectivity index (χ1) is 27.6. The highest BCUT2D eigenvalue weighted by atomic mass is 16.6. The third-order valence-corrected chi connectivity index (χ3v) is 13.1. The van der Waals surface area contributed by atoms with Crippen LogP contribution in [0.25, 0.3) is 5.57 Å². The molecule has 7 heterocycles. The Morgan fingerprint density at radius 3 is 2.51 bits per heavy atom. The number of amides is 3. The summed E-state index contributed by atoms with van der Waals surface area (Å²) in [6.07, 6.45) is 11.3. The number of methoxy groups -OCH3 is 2. The highest BCUT2D eigenvalue weighted by molar-refractivity contribution is 6.05. The summed E-state index contributed by atoms with van der Waals surface area (Å²) < 4.78 is 17.9. The second-order valence-corrected chi connectivity index (χ2v) is 16.9. The number of epoxide rings is 1. The van der Waals surface area contributed by atoms with E-state index in [1.54, 1.807) is 19.1 Å². The van der Waals surface area contributed by atoms with E-state index < -0.39 is 6.04 Å². The Kier molecular flexibility index (Phi) is 9.94. The lowest BCUT2D eigenvalue weighted by molar-refractivity contribution is -0.136. The number of aromatic nitrogens is 1. The van der Waals surface area contributed by atoms with E-state index in [0.29, 0.717) is 23.9 Å². The summed E-state index contributed by atoms with van der Waals surface area (Å²) in [6.45, 7) is 7.50. The van der Waals surface area contributed by atoms with Crippen molar-refractivity contribution in [3.05, 3.63) is 88.4 Å². The second-order valence-electron chi connectivity index (χ2n) is 16.9. The number of imide groups is 1. The largest absolute Gasteiger partial charge is 0.496 e. The number of benzene rings is 2. The maximum atomic E-state index is 13.4. The van der Waals surface area contributed by atoms with E-state index in [-0.39, 0.29) is 36.5 Å². The number of fused-ring (bicyclic) bond motifs is 4. The molecule has 0 saturated carbocycles. The zero-order valence-electron chi connectivity index (χ0n) is 33.5. The Bertz CT molecular complexity index is 2080. The molecule has 6 aliphatic rings. The van der Waals surface area contributed by atoms with Crippen LogP contribution in [0, 0.1) is 5.41 Å². The number of nitrogens with zero attached hydrogens (tertiary/aromatic N) is 6. The summed E-state index contributed by atoms with van der Waals surface area (Å²) in [6, 6.07) is 11.9. The third-order valence-electron chi connectivity index (χ3n) is 13.1. The van der Waals surface area contributed by atoms with E-state index in [4.69, 9.17) is 14.2 Å². The summed E-state index contributed by atoms with van der Waals surface area (Å²) in [7, 11) is 7.69. The van der Waals surface area contributed by atoms with Crippen LogP contribution in [0.5, 0.6) is 11.5 Å². The van der Waals surface area contributed by atoms with Gasteiger partial charge in [-0.3, -0.25) is 24.7 Å². The van der Waals surface area contributed by atoms with Crippen LogP contribution < -0.4 is 19.7 Å². The van der Waals surface area contributed by atoms with Crippen LogP contribution in [0.15, 0.2) is 55.0 Å². The fourth-order valence-electron chi connectivity index (χ4n) is 9.71. The third kappa shape index (κ3) is 7.14. The van der Waals surface area contributed by atoms with Crippen LogP contribution >= 0.6 is 0 Å². The van der Waals surface area contributed by atoms with E-state index in [0.717, 1.165) is 109 Å². The number of likely N-dealkylation sites (N-methyl/N-ethyl adjacent to an activating group) is 1. The van der Waals surface area contributed by atoms with Gasteiger partial charge in [0.15, 0.2) is 6.23 Å². The lowest BCUT2D eigenvalue weighted by Gasteiger charge is -2.55. The molecule has 2 aromatic carbocycles. The van der Waals surface area contributed by atoms with Crippen LogP contribution in [0.1, 0.15) is 82.8 Å². The molecule has 13 heteroatoms. The normalized spacial score (nSPS) is 23.7. The molecule has 1 N–H and O–H groups in total. The minimum Gasteiger partial charge on any atom is -0.496 e. The van der Waals surface area contributed by atoms with E-state index >= 15 is 0 Å². The molecular weight excluding hydrogens is 723 g/mol. The number of hydrogen-bond acceptors (Lipinski definition) is 11. The summed E-state index contributed by atoms with van der Waals surface area (Å²) >= 11 is 0. The van der Waals surface area contributed by atoms with E-state index in [1.165, 1.54) is 12.8 Å². The smallest absolute Gasteiger partial charge is 0.255 e. The SMILES string of the molecule is COc1cc(C2=CN(C)C3OC3c3cnccc32)cc(OC)c1CN(C)CCCCN1CCC2(CC1)CN(c1ccc3c(c1)C(=O)N(C1CCC(=O)NC1=O)C3)C2. The molecule has 0 bridgehead atoms. The molecule has 6 aliphatic heterocycles. The first-order valence-electron chi connectivity index (χ1n) is 20.4. The topological polar surface area (TPSA) is 123 Å². The molecule has 13 nitrogen and oxygen atoms in total. The van der Waals surface area contributed by atoms with Gasteiger partial charge in [0.2, 0.25) is 11.8 Å². The number of unbranched alkanes of at least 4 members (excludes halogenated alkanes) is 1. The molecular formula is C44H53N7O6. The van der Waals surface area contributed by atoms with Gasteiger partial charge >= 0.3 is 0 Å². The number of nitrogens with one attached hydrogen (secondary N) is 1. The van der Waals surface area contributed by atoms with Crippen LogP contribution in [-0.2, 0) is 27.4 Å². The first kappa shape index (κ1) is 37.6. The predicted octanol–water partition coefficient (Wildman–Crippen LogP) is 4.41. The van der Waals surface area contributed by atoms with Gasteiger partial charge in [0.05, 0.1) is 19.8 Å². The highest BCUT2D eigenvalue weighted by Crippen LogP contribution is 2.48. The van der Waals surface area contributed by atoms with Gasteiger partial charge in [-0.1, -0.05) is 6.07 Å². The van der Waals surface area contributed by atoms with Crippen molar-refractivity contribution in [1.82, 2.24) is 29.9 Å². The minimum atomic E-state index is -0.585. The number of rotatable bonds is 12. The molecule has 57 heavy (non-hydrogen) atoms. The number of carbonyl (C=O) groups is 3. The van der Waals surface area contributed by atoms with Gasteiger partial charge in [-0.15, -0.1) is 0 Å². The maximum absolute atomic E-state index is 13.4. The Morgan fingerprint density at radius 1 is 1.00 bits per heavy atom. The molecule has 0 aliphatic carbocycles. The van der Waals surface area contributed by atoms with Crippen LogP contribution in [-0.4, -0.2) is 122 Å². The zero-order chi connectivity index (χ0) is 39.4. The molecule has 0 radical (unpaired) electrons. The molecule has 1 spiro atoms. The first-order valence-corrected chi connectivity index (χ1v) is 20.4. The van der Waals surface area contributed by atoms with Crippen molar-refractivity contribution in [2.24, 2.45) is 5.41 Å². The molecule has 1 aromatic heterocycles. The van der Waals surface area contributed by atoms with Gasteiger partial charge in [0, 0.05) is 86.0 Å². The lowest BCUT2D eigenvalue weighted by atomic mass is 9.71. The van der Waals surface area contributed by atoms with Crippen LogP contribution in [0.2, 0.25) is 0 Å². The van der Waals surface area contributed by atoms with Crippen molar-refractivity contribution in [3.8, 4) is 11.5 Å². The summed E-state index contributed by atoms with van der Waals surface area (Å²) in [4.78, 5) is 53.0. The van der Waals surface area contributed by atoms with Gasteiger partial charge in [-0.05, 0) is 112 Å². The highest BCUT2D eigenvalue weighted by Gasteiger charge is 2.47. The van der Waals surface area contributed by atoms with Crippen molar-refractivity contribution < 1.29 is 28.6 Å². The molecule has 3 aromatic rings. The number of likely N-dealkylation sites (tertiary alicyclic amines) is 1. The van der Waals surface area contributed by atoms with Gasteiger partial charge in [0.1, 0.15) is 23.6 Å². The van der Waals surface area contributed by atoms with Crippen molar-refractivity contribution in [3.63, 3.8) is 0 Å². The quantitative estimate of drug-likeness (QED) is 0.160. The number of carbonyl (C=O) groups excluding carboxylic acids is 3. The van der Waals surface area contributed by atoms with Crippen molar-refractivity contribution in [2.75, 3.05) is 72.5 Å². The number of hydrogen-bond donors (Lipinski definition) is 1. The van der Waals surface area contributed by atoms with Crippen LogP contribution in [0.4, 0.5) is 5.69 Å². The zero-order valence-corrected chi connectivity index (χ0v) is 33.5. The number of pyridine rings is 1. The fraction of sp³-hybridized carbons (Fsp3) is 0.500. The van der Waals surface area contributed by atoms with Crippen molar-refractivity contribution in [2.45, 2.75) is 70.0 Å². The monoisotopic (exact) mass is 775 g/mol. The Labute approximate surface area is 334 Å². The predicted molar refractivity (Wildman–Crippen MR) is 215 cm³/mol. The van der Waals surface area contributed by atoms with Crippen molar-refractivity contribution >= 4 is 29.0 Å². The fourth-order valence-corrected chi connectivity index (χ4v) is 9.71. The van der Waals surface area contributed by atoms with E-state index in [2.05, 4.69) is 74.5 Å². The average Bonchev–Trinajstić information content (AvgIpc) is 3.96. The number of anilines is 1. The Morgan fingerprint density at radius 2 is 1.77 bits per heavy atom. The van der Waals surface area contributed by atoms with Crippen molar-refractivity contribution in [1.29, 1.82) is 0 Å². The summed E-state index contributed by atoms with van der Waals surface area (Å²) in [5, 5.41) is 2.39. The number of ether oxygens (including phenoxy) is 3. The summed E-state index contributed by atoms with van der Waals surface area (Å²) in [5.41, 5.74) is 8.45. The average molecular weight is 776 g/mol. The standard InChI is InChI=1S/C44H53N7O6/c1-47(24-35-37(55-3)19-29(20-38(35)56-4)34-25-48(2)43-40(57-43)33-22-45-14-11-31(33)34)15-5-6-16-49-17-12-44(13-18-49)26-50(27-44)30-8-7-28-23-51(42(54)32(28)21-30)36-9-10-39(52)46-41(36)53/h7-8,11,14,19-22,25,36,40,43H,5-6,9-10,12-13,15-18,23-24,26-27H2,1-4H3,(H,46,52,53). The van der Waals surface area contributed by atoms with Gasteiger partial charge in [0.25, 0.3) is 5.91 Å². The molecule has 3 unspecified atom stereocenters. The Balaban J connectivity index is 0.739. The van der Waals surface area contributed by atoms with Gasteiger partial charge < -0.3 is 38.7 Å².